The molecule has 0 spiro atoms. The Morgan fingerprint density at radius 3 is 2.93 bits per heavy atom. The van der Waals surface area contributed by atoms with Crippen molar-refractivity contribution in [2.75, 3.05) is 49.0 Å². The number of aromatic amines is 1. The molecule has 1 unspecified atom stereocenters. The number of aromatic nitrogens is 2. The van der Waals surface area contributed by atoms with Crippen molar-refractivity contribution in [3.63, 3.8) is 0 Å². The van der Waals surface area contributed by atoms with E-state index in [9.17, 15) is 0 Å². The Morgan fingerprint density at radius 1 is 1.20 bits per heavy atom. The number of benzene rings is 1. The molecule has 0 aliphatic carbocycles. The molecule has 30 heavy (non-hydrogen) atoms. The molecule has 2 aliphatic heterocycles. The maximum absolute atomic E-state index is 4.88. The lowest BCUT2D eigenvalue weighted by atomic mass is 10.2. The van der Waals surface area contributed by atoms with E-state index in [0.717, 1.165) is 40.1 Å². The summed E-state index contributed by atoms with van der Waals surface area (Å²) in [6.07, 6.45) is 1.83. The van der Waals surface area contributed by atoms with Gasteiger partial charge in [0.1, 0.15) is 10.1 Å². The van der Waals surface area contributed by atoms with Crippen molar-refractivity contribution >= 4 is 57.1 Å². The second-order valence-electron chi connectivity index (χ2n) is 7.48. The highest BCUT2D eigenvalue weighted by atomic mass is 32.2. The van der Waals surface area contributed by atoms with E-state index in [1.807, 2.05) is 36.2 Å². The van der Waals surface area contributed by atoms with Crippen LogP contribution in [0, 0.1) is 0 Å². The van der Waals surface area contributed by atoms with Crippen LogP contribution in [0.5, 0.6) is 0 Å². The minimum absolute atomic E-state index is 0.566. The summed E-state index contributed by atoms with van der Waals surface area (Å²) in [6, 6.07) is 14.7. The number of nitrogens with zero attached hydrogens (tertiary/aromatic N) is 4. The lowest BCUT2D eigenvalue weighted by Crippen LogP contribution is -2.37. The maximum Gasteiger partial charge on any atom is 0.117 e. The van der Waals surface area contributed by atoms with Crippen molar-refractivity contribution in [1.29, 1.82) is 0 Å². The van der Waals surface area contributed by atoms with Gasteiger partial charge in [-0.15, -0.1) is 0 Å². The van der Waals surface area contributed by atoms with E-state index in [-0.39, 0.29) is 0 Å². The number of hydrogen-bond acceptors (Lipinski definition) is 7. The Labute approximate surface area is 190 Å². The van der Waals surface area contributed by atoms with Crippen molar-refractivity contribution < 1.29 is 0 Å². The third-order valence-electron chi connectivity index (χ3n) is 5.35. The summed E-state index contributed by atoms with van der Waals surface area (Å²) in [4.78, 5) is 15.6. The zero-order chi connectivity index (χ0) is 20.3. The van der Waals surface area contributed by atoms with Crippen molar-refractivity contribution in [2.45, 2.75) is 10.3 Å². The van der Waals surface area contributed by atoms with Gasteiger partial charge in [-0.25, -0.2) is 4.98 Å². The maximum atomic E-state index is 4.88. The molecule has 1 atom stereocenters. The van der Waals surface area contributed by atoms with E-state index < -0.39 is 0 Å². The molecule has 1 saturated heterocycles. The number of pyridine rings is 1. The van der Waals surface area contributed by atoms with Crippen molar-refractivity contribution in [3.05, 3.63) is 54.4 Å². The number of anilines is 1. The number of fused-ring (bicyclic) bond motifs is 1. The van der Waals surface area contributed by atoms with Gasteiger partial charge in [-0.2, -0.15) is 11.8 Å². The summed E-state index contributed by atoms with van der Waals surface area (Å²) in [7, 11) is 2.09. The summed E-state index contributed by atoms with van der Waals surface area (Å²) < 4.78 is 2.17. The highest BCUT2D eigenvalue weighted by Crippen LogP contribution is 2.34. The molecule has 0 saturated carbocycles. The van der Waals surface area contributed by atoms with Gasteiger partial charge >= 0.3 is 0 Å². The van der Waals surface area contributed by atoms with Crippen LogP contribution in [-0.4, -0.2) is 69.9 Å². The van der Waals surface area contributed by atoms with Crippen LogP contribution < -0.4 is 4.31 Å². The number of H-pyrrole nitrogens is 1. The lowest BCUT2D eigenvalue weighted by molar-refractivity contribution is 0.305. The summed E-state index contributed by atoms with van der Waals surface area (Å²) in [5, 5.41) is 3.92. The van der Waals surface area contributed by atoms with E-state index in [1.54, 1.807) is 11.9 Å². The SMILES string of the molecule is CN(Sc1ccccn1)c1cccc2cc(C3=NCC(CN4CCSCC4)S3)[nH]c12. The number of para-hydroxylation sites is 1. The molecule has 2 aromatic heterocycles. The monoisotopic (exact) mass is 455 g/mol. The summed E-state index contributed by atoms with van der Waals surface area (Å²) in [6.45, 7) is 4.49. The fourth-order valence-electron chi connectivity index (χ4n) is 3.84. The van der Waals surface area contributed by atoms with Crippen molar-refractivity contribution in [3.8, 4) is 0 Å². The smallest absolute Gasteiger partial charge is 0.117 e. The van der Waals surface area contributed by atoms with Crippen LogP contribution in [0.2, 0.25) is 0 Å². The molecular weight excluding hydrogens is 430 g/mol. The van der Waals surface area contributed by atoms with Gasteiger partial charge in [0.05, 0.1) is 23.4 Å². The quantitative estimate of drug-likeness (QED) is 0.548. The molecule has 1 N–H and O–H groups in total. The number of rotatable bonds is 6. The van der Waals surface area contributed by atoms with Crippen molar-refractivity contribution in [2.24, 2.45) is 4.99 Å². The number of hydrogen-bond donors (Lipinski definition) is 1. The first-order valence-corrected chi connectivity index (χ1v) is 13.0. The first-order valence-electron chi connectivity index (χ1n) is 10.2. The first kappa shape index (κ1) is 20.3. The van der Waals surface area contributed by atoms with Crippen LogP contribution in [-0.2, 0) is 0 Å². The standard InChI is InChI=1S/C22H25N5S3/c1-26(30-20-7-2-3-8-23-20)19-6-4-5-16-13-18(25-21(16)19)22-24-14-17(29-22)15-27-9-11-28-12-10-27/h2-8,13,17,25H,9-12,14-15H2,1H3. The number of nitrogens with one attached hydrogen (secondary N) is 1. The largest absolute Gasteiger partial charge is 0.351 e. The molecule has 8 heteroatoms. The fourth-order valence-corrected chi connectivity index (χ4v) is 6.73. The normalized spacial score (nSPS) is 19.9. The molecule has 0 bridgehead atoms. The first-order chi connectivity index (χ1) is 14.8. The molecule has 0 radical (unpaired) electrons. The molecule has 1 aromatic carbocycles. The Bertz CT molecular complexity index is 1030. The molecule has 1 fully saturated rings. The Kier molecular flexibility index (Phi) is 6.27. The second kappa shape index (κ2) is 9.26. The highest BCUT2D eigenvalue weighted by Gasteiger charge is 2.25. The van der Waals surface area contributed by atoms with Crippen LogP contribution >= 0.6 is 35.5 Å². The highest BCUT2D eigenvalue weighted by molar-refractivity contribution is 8.15. The van der Waals surface area contributed by atoms with E-state index in [0.29, 0.717) is 5.25 Å². The van der Waals surface area contributed by atoms with Gasteiger partial charge in [-0.3, -0.25) is 4.99 Å². The number of thioether (sulfide) groups is 2. The summed E-state index contributed by atoms with van der Waals surface area (Å²) in [5.74, 6) is 2.53. The zero-order valence-corrected chi connectivity index (χ0v) is 19.4. The minimum Gasteiger partial charge on any atom is -0.351 e. The van der Waals surface area contributed by atoms with Gasteiger partial charge in [0.15, 0.2) is 0 Å². The van der Waals surface area contributed by atoms with Crippen LogP contribution in [0.25, 0.3) is 10.9 Å². The fraction of sp³-hybridized carbons (Fsp3) is 0.364. The lowest BCUT2D eigenvalue weighted by Gasteiger charge is -2.28. The van der Waals surface area contributed by atoms with E-state index >= 15 is 0 Å². The van der Waals surface area contributed by atoms with Crippen molar-refractivity contribution in [1.82, 2.24) is 14.9 Å². The van der Waals surface area contributed by atoms with Gasteiger partial charge in [-0.05, 0) is 24.3 Å². The van der Waals surface area contributed by atoms with Gasteiger partial charge in [-0.1, -0.05) is 30.0 Å². The topological polar surface area (TPSA) is 47.5 Å². The average molecular weight is 456 g/mol. The van der Waals surface area contributed by atoms with Gasteiger partial charge in [0.2, 0.25) is 0 Å². The predicted molar refractivity (Wildman–Crippen MR) is 133 cm³/mol. The Hall–Kier alpha value is -1.61. The van der Waals surface area contributed by atoms with E-state index in [2.05, 4.69) is 62.2 Å². The van der Waals surface area contributed by atoms with Crippen LogP contribution in [0.15, 0.2) is 58.7 Å². The Balaban J connectivity index is 1.31. The molecule has 0 amide bonds. The zero-order valence-electron chi connectivity index (χ0n) is 17.0. The molecule has 3 aromatic rings. The predicted octanol–water partition coefficient (Wildman–Crippen LogP) is 4.62. The summed E-state index contributed by atoms with van der Waals surface area (Å²) >= 11 is 5.63. The molecule has 4 heterocycles. The minimum atomic E-state index is 0.566. The average Bonchev–Trinajstić information content (AvgIpc) is 3.42. The van der Waals surface area contributed by atoms with Crippen LogP contribution in [0.1, 0.15) is 5.69 Å². The summed E-state index contributed by atoms with van der Waals surface area (Å²) in [5.41, 5.74) is 3.44. The van der Waals surface area contributed by atoms with Gasteiger partial charge < -0.3 is 14.2 Å². The second-order valence-corrected chi connectivity index (χ2v) is 11.1. The Morgan fingerprint density at radius 2 is 2.10 bits per heavy atom. The third-order valence-corrected chi connectivity index (χ3v) is 8.40. The van der Waals surface area contributed by atoms with Gasteiger partial charge in [0, 0.05) is 67.0 Å². The molecule has 5 rings (SSSR count). The van der Waals surface area contributed by atoms with E-state index in [4.69, 9.17) is 4.99 Å². The van der Waals surface area contributed by atoms with Crippen LogP contribution in [0.4, 0.5) is 5.69 Å². The third kappa shape index (κ3) is 4.51. The number of aliphatic imine (C=N–C) groups is 1. The van der Waals surface area contributed by atoms with E-state index in [1.165, 1.54) is 30.0 Å². The molecule has 2 aliphatic rings. The molecule has 5 nitrogen and oxygen atoms in total. The van der Waals surface area contributed by atoms with Crippen LogP contribution in [0.3, 0.4) is 0 Å². The molecule has 156 valence electrons. The molecular formula is C22H25N5S3. The van der Waals surface area contributed by atoms with Gasteiger partial charge in [0.25, 0.3) is 0 Å².